The van der Waals surface area contributed by atoms with Crippen LogP contribution < -0.4 is 4.52 Å². The van der Waals surface area contributed by atoms with E-state index in [1.165, 1.54) is 6.42 Å². The van der Waals surface area contributed by atoms with Crippen molar-refractivity contribution >= 4 is 30.3 Å². The molecule has 1 aromatic rings. The highest BCUT2D eigenvalue weighted by Crippen LogP contribution is 2.47. The molecule has 1 aliphatic rings. The predicted molar refractivity (Wildman–Crippen MR) is 70.2 cm³/mol. The van der Waals surface area contributed by atoms with E-state index in [1.54, 1.807) is 6.07 Å². The van der Waals surface area contributed by atoms with Crippen LogP contribution in [0.2, 0.25) is 0 Å². The van der Waals surface area contributed by atoms with Crippen molar-refractivity contribution in [2.75, 3.05) is 5.75 Å². The van der Waals surface area contributed by atoms with Crippen molar-refractivity contribution in [2.45, 2.75) is 18.1 Å². The monoisotopic (exact) mass is 276 g/mol. The van der Waals surface area contributed by atoms with E-state index < -0.39 is 6.72 Å². The van der Waals surface area contributed by atoms with Crippen LogP contribution in [-0.4, -0.2) is 15.5 Å². The van der Waals surface area contributed by atoms with Crippen LogP contribution in [0.3, 0.4) is 0 Å². The molecule has 0 saturated carbocycles. The van der Waals surface area contributed by atoms with E-state index in [1.807, 2.05) is 30.0 Å². The minimum atomic E-state index is -3.63. The van der Waals surface area contributed by atoms with Crippen molar-refractivity contribution in [2.24, 2.45) is 0 Å². The summed E-state index contributed by atoms with van der Waals surface area (Å²) in [6.07, 6.45) is 2.29. The summed E-state index contributed by atoms with van der Waals surface area (Å²) in [5.41, 5.74) is 1.02. The Morgan fingerprint density at radius 3 is 2.75 bits per heavy atom. The van der Waals surface area contributed by atoms with Gasteiger partial charge in [0.1, 0.15) is 5.75 Å². The molecule has 1 atom stereocenters. The molecule has 6 heteroatoms. The van der Waals surface area contributed by atoms with Gasteiger partial charge in [-0.05, 0) is 24.7 Å². The fraction of sp³-hybridized carbons (Fsp3) is 0.400. The summed E-state index contributed by atoms with van der Waals surface area (Å²) in [4.78, 5) is 18.4. The van der Waals surface area contributed by atoms with Gasteiger partial charge in [0.15, 0.2) is 0 Å². The molecule has 1 fully saturated rings. The van der Waals surface area contributed by atoms with Crippen molar-refractivity contribution < 1.29 is 14.3 Å². The molecule has 2 rings (SSSR count). The number of thioether (sulfide) groups is 1. The van der Waals surface area contributed by atoms with E-state index in [-0.39, 0.29) is 0 Å². The Bertz CT molecular complexity index is 412. The van der Waals surface area contributed by atoms with Gasteiger partial charge in [-0.2, -0.15) is 11.8 Å². The number of hydrogen-bond donors (Lipinski definition) is 2. The molecule has 1 unspecified atom stereocenters. The van der Waals surface area contributed by atoms with Gasteiger partial charge in [-0.15, -0.1) is 0 Å². The van der Waals surface area contributed by atoms with Crippen molar-refractivity contribution in [3.63, 3.8) is 0 Å². The highest BCUT2D eigenvalue weighted by atomic mass is 32.5. The molecule has 88 valence electrons. The summed E-state index contributed by atoms with van der Waals surface area (Å²) in [7, 11) is 0. The average Bonchev–Trinajstić information content (AvgIpc) is 2.69. The molecule has 2 N–H and O–H groups in total. The molecule has 0 spiro atoms. The Kier molecular flexibility index (Phi) is 3.93. The second-order valence-corrected chi connectivity index (χ2v) is 7.52. The Hall–Kier alpha value is -0.0600. The van der Waals surface area contributed by atoms with E-state index in [0.29, 0.717) is 11.0 Å². The summed E-state index contributed by atoms with van der Waals surface area (Å²) < 4.78 is 5.07. The maximum Gasteiger partial charge on any atom is 0.375 e. The maximum absolute atomic E-state index is 9.19. The second-order valence-electron chi connectivity index (χ2n) is 3.62. The van der Waals surface area contributed by atoms with Crippen molar-refractivity contribution in [1.82, 2.24) is 0 Å². The summed E-state index contributed by atoms with van der Waals surface area (Å²) in [5.74, 6) is 1.65. The topological polar surface area (TPSA) is 49.7 Å². The quantitative estimate of drug-likeness (QED) is 0.831. The Morgan fingerprint density at radius 1 is 1.38 bits per heavy atom. The predicted octanol–water partition coefficient (Wildman–Crippen LogP) is 2.84. The highest BCUT2D eigenvalue weighted by Gasteiger charge is 2.22. The van der Waals surface area contributed by atoms with Crippen LogP contribution in [0.15, 0.2) is 24.3 Å². The number of benzene rings is 1. The van der Waals surface area contributed by atoms with Gasteiger partial charge >= 0.3 is 6.72 Å². The third-order valence-electron chi connectivity index (χ3n) is 2.41. The van der Waals surface area contributed by atoms with Crippen molar-refractivity contribution in [3.8, 4) is 5.75 Å². The Labute approximate surface area is 104 Å². The molecule has 1 aliphatic heterocycles. The van der Waals surface area contributed by atoms with E-state index in [9.17, 15) is 9.79 Å². The van der Waals surface area contributed by atoms with Crippen LogP contribution in [0.1, 0.15) is 23.7 Å². The fourth-order valence-electron chi connectivity index (χ4n) is 1.78. The van der Waals surface area contributed by atoms with Gasteiger partial charge in [-0.3, -0.25) is 0 Å². The van der Waals surface area contributed by atoms with Gasteiger partial charge in [0.2, 0.25) is 0 Å². The standard InChI is InChI=1S/C10H13O3PS2/c11-14(12,15)13-9-5-2-1-4-8(9)10-6-3-7-16-10/h1-2,4-5,10H,3,6-7H2,(H2,11,12,15). The molecule has 0 aromatic heterocycles. The van der Waals surface area contributed by atoms with Gasteiger partial charge in [0.25, 0.3) is 0 Å². The number of rotatable bonds is 3. The third kappa shape index (κ3) is 3.22. The summed E-state index contributed by atoms with van der Waals surface area (Å²) in [6.45, 7) is -3.63. The molecular weight excluding hydrogens is 263 g/mol. The highest BCUT2D eigenvalue weighted by molar-refractivity contribution is 8.06. The minimum Gasteiger partial charge on any atom is -0.424 e. The zero-order valence-electron chi connectivity index (χ0n) is 8.57. The van der Waals surface area contributed by atoms with Gasteiger partial charge in [-0.1, -0.05) is 18.2 Å². The smallest absolute Gasteiger partial charge is 0.375 e. The lowest BCUT2D eigenvalue weighted by Crippen LogP contribution is -1.96. The lowest BCUT2D eigenvalue weighted by molar-refractivity contribution is 0.369. The summed E-state index contributed by atoms with van der Waals surface area (Å²) in [5, 5.41) is 0.387. The van der Waals surface area contributed by atoms with E-state index in [2.05, 4.69) is 11.8 Å². The molecule has 16 heavy (non-hydrogen) atoms. The van der Waals surface area contributed by atoms with E-state index >= 15 is 0 Å². The first-order valence-corrected chi connectivity index (χ1v) is 8.69. The molecule has 3 nitrogen and oxygen atoms in total. The van der Waals surface area contributed by atoms with Crippen LogP contribution >= 0.6 is 18.5 Å². The van der Waals surface area contributed by atoms with Crippen molar-refractivity contribution in [3.05, 3.63) is 29.8 Å². The van der Waals surface area contributed by atoms with Crippen LogP contribution in [0.4, 0.5) is 0 Å². The maximum atomic E-state index is 9.19. The lowest BCUT2D eigenvalue weighted by Gasteiger charge is -2.17. The van der Waals surface area contributed by atoms with E-state index in [4.69, 9.17) is 4.52 Å². The van der Waals surface area contributed by atoms with Crippen molar-refractivity contribution in [1.29, 1.82) is 0 Å². The normalized spacial score (nSPS) is 21.0. The lowest BCUT2D eigenvalue weighted by atomic mass is 10.1. The molecule has 0 aliphatic carbocycles. The average molecular weight is 276 g/mol. The SMILES string of the molecule is OP(O)(=S)Oc1ccccc1C1CCCS1. The largest absolute Gasteiger partial charge is 0.424 e. The molecule has 1 saturated heterocycles. The van der Waals surface area contributed by atoms with E-state index in [0.717, 1.165) is 17.7 Å². The van der Waals surface area contributed by atoms with Crippen LogP contribution in [0.5, 0.6) is 5.75 Å². The molecule has 0 bridgehead atoms. The first kappa shape index (κ1) is 12.4. The molecule has 1 heterocycles. The molecular formula is C10H13O3PS2. The zero-order valence-corrected chi connectivity index (χ0v) is 11.1. The molecule has 1 aromatic carbocycles. The van der Waals surface area contributed by atoms with Gasteiger partial charge in [0, 0.05) is 22.6 Å². The third-order valence-corrected chi connectivity index (χ3v) is 4.49. The molecule has 0 amide bonds. The van der Waals surface area contributed by atoms with Gasteiger partial charge < -0.3 is 14.3 Å². The summed E-state index contributed by atoms with van der Waals surface area (Å²) in [6, 6.07) is 7.44. The number of hydrogen-bond acceptors (Lipinski definition) is 3. The first-order valence-electron chi connectivity index (χ1n) is 5.02. The van der Waals surface area contributed by atoms with Crippen LogP contribution in [0, 0.1) is 0 Å². The van der Waals surface area contributed by atoms with Crippen LogP contribution in [0.25, 0.3) is 0 Å². The zero-order chi connectivity index (χ0) is 11.6. The minimum absolute atomic E-state index is 0.387. The molecule has 0 radical (unpaired) electrons. The summed E-state index contributed by atoms with van der Waals surface area (Å²) >= 11 is 6.37. The Balaban J connectivity index is 2.26. The van der Waals surface area contributed by atoms with Gasteiger partial charge in [-0.25, -0.2) is 0 Å². The Morgan fingerprint density at radius 2 is 2.12 bits per heavy atom. The number of para-hydroxylation sites is 1. The van der Waals surface area contributed by atoms with Crippen LogP contribution in [-0.2, 0) is 11.8 Å². The first-order chi connectivity index (χ1) is 7.56. The van der Waals surface area contributed by atoms with Gasteiger partial charge in [0.05, 0.1) is 0 Å². The fourth-order valence-corrected chi connectivity index (χ4v) is 3.77. The second kappa shape index (κ2) is 5.07.